The molecule has 204 valence electrons. The van der Waals surface area contributed by atoms with E-state index in [0.717, 1.165) is 24.0 Å². The van der Waals surface area contributed by atoms with Crippen molar-refractivity contribution in [3.63, 3.8) is 0 Å². The van der Waals surface area contributed by atoms with Crippen molar-refractivity contribution in [2.45, 2.75) is 118 Å². The Morgan fingerprint density at radius 1 is 1.08 bits per heavy atom. The van der Waals surface area contributed by atoms with Gasteiger partial charge < -0.3 is 20.4 Å². The van der Waals surface area contributed by atoms with Gasteiger partial charge in [0.15, 0.2) is 5.78 Å². The van der Waals surface area contributed by atoms with E-state index in [2.05, 4.69) is 27.7 Å². The highest BCUT2D eigenvalue weighted by atomic mass is 16.4. The Kier molecular flexibility index (Phi) is 6.77. The average Bonchev–Trinajstić information content (AvgIpc) is 3.06. The SMILES string of the molecule is C[C@H](CC[C@@H](O)[C@@](C)(O)CO)[C@H]1CC[C@@]2(C)C3=C([C@H](O)C[C@]12C)[C@@]1(C)CCC(=O)C(C)(C)[C@@H]1CC3=O. The van der Waals surface area contributed by atoms with Gasteiger partial charge in [-0.3, -0.25) is 9.59 Å². The van der Waals surface area contributed by atoms with Crippen LogP contribution in [-0.4, -0.2) is 56.4 Å². The second-order valence-corrected chi connectivity index (χ2v) is 14.2. The standard InChI is InChI=1S/C30H48O6/c1-17(8-9-23(35)30(7,36)16-31)18-10-13-28(5)25-19(32)14-21-26(2,3)22(34)11-12-27(21,4)24(25)20(33)15-29(18,28)6/h17-18,20-21,23,31,33,35-36H,8-16H2,1-7H3/t17-,18-,20-,21+,23-,27+,28+,29-,30+/m1/s1. The molecule has 4 N–H and O–H groups in total. The van der Waals surface area contributed by atoms with Crippen molar-refractivity contribution in [1.29, 1.82) is 0 Å². The van der Waals surface area contributed by atoms with Crippen LogP contribution in [0.4, 0.5) is 0 Å². The van der Waals surface area contributed by atoms with Crippen molar-refractivity contribution in [3.05, 3.63) is 11.1 Å². The van der Waals surface area contributed by atoms with E-state index in [1.54, 1.807) is 0 Å². The van der Waals surface area contributed by atoms with Crippen molar-refractivity contribution in [2.75, 3.05) is 6.61 Å². The van der Waals surface area contributed by atoms with Gasteiger partial charge in [0.2, 0.25) is 0 Å². The van der Waals surface area contributed by atoms with E-state index in [9.17, 15) is 30.0 Å². The van der Waals surface area contributed by atoms with E-state index in [1.807, 2.05) is 13.8 Å². The molecule has 2 saturated carbocycles. The van der Waals surface area contributed by atoms with Crippen LogP contribution in [0.1, 0.15) is 99.8 Å². The van der Waals surface area contributed by atoms with Gasteiger partial charge in [0.1, 0.15) is 11.4 Å². The Balaban J connectivity index is 1.68. The van der Waals surface area contributed by atoms with Crippen molar-refractivity contribution in [2.24, 2.45) is 39.4 Å². The fourth-order valence-corrected chi connectivity index (χ4v) is 9.24. The van der Waals surface area contributed by atoms with Crippen LogP contribution in [0.2, 0.25) is 0 Å². The van der Waals surface area contributed by atoms with Crippen LogP contribution in [0.3, 0.4) is 0 Å². The first kappa shape index (κ1) is 27.9. The molecule has 0 aromatic heterocycles. The minimum absolute atomic E-state index is 0.0861. The van der Waals surface area contributed by atoms with E-state index >= 15 is 0 Å². The van der Waals surface area contributed by atoms with Gasteiger partial charge in [0.25, 0.3) is 0 Å². The number of rotatable bonds is 6. The summed E-state index contributed by atoms with van der Waals surface area (Å²) < 4.78 is 0. The van der Waals surface area contributed by atoms with Gasteiger partial charge in [-0.15, -0.1) is 0 Å². The topological polar surface area (TPSA) is 115 Å². The molecule has 0 amide bonds. The number of aliphatic hydroxyl groups is 4. The Hall–Kier alpha value is -1.08. The monoisotopic (exact) mass is 504 g/mol. The molecule has 0 heterocycles. The number of ketones is 2. The summed E-state index contributed by atoms with van der Waals surface area (Å²) in [6.07, 6.45) is 3.35. The van der Waals surface area contributed by atoms with Crippen LogP contribution in [0, 0.1) is 39.4 Å². The molecule has 0 spiro atoms. The van der Waals surface area contributed by atoms with E-state index in [0.29, 0.717) is 38.5 Å². The Labute approximate surface area is 216 Å². The van der Waals surface area contributed by atoms with Gasteiger partial charge in [-0.1, -0.05) is 41.5 Å². The van der Waals surface area contributed by atoms with Gasteiger partial charge in [0.05, 0.1) is 18.8 Å². The highest BCUT2D eigenvalue weighted by molar-refractivity contribution is 6.01. The van der Waals surface area contributed by atoms with Crippen molar-refractivity contribution < 1.29 is 30.0 Å². The molecule has 6 nitrogen and oxygen atoms in total. The third kappa shape index (κ3) is 3.72. The molecule has 0 radical (unpaired) electrons. The van der Waals surface area contributed by atoms with Crippen LogP contribution in [0.25, 0.3) is 0 Å². The maximum atomic E-state index is 13.9. The molecule has 0 aliphatic heterocycles. The minimum Gasteiger partial charge on any atom is -0.393 e. The molecule has 0 bridgehead atoms. The van der Waals surface area contributed by atoms with Gasteiger partial charge in [-0.25, -0.2) is 0 Å². The number of Topliss-reactive ketones (excluding diaryl/α,β-unsaturated/α-hetero) is 2. The van der Waals surface area contributed by atoms with Crippen LogP contribution in [0.5, 0.6) is 0 Å². The number of fused-ring (bicyclic) bond motifs is 4. The molecule has 0 unspecified atom stereocenters. The predicted octanol–water partition coefficient (Wildman–Crippen LogP) is 3.98. The van der Waals surface area contributed by atoms with E-state index < -0.39 is 29.8 Å². The summed E-state index contributed by atoms with van der Waals surface area (Å²) >= 11 is 0. The van der Waals surface area contributed by atoms with E-state index in [4.69, 9.17) is 0 Å². The summed E-state index contributed by atoms with van der Waals surface area (Å²) in [7, 11) is 0. The minimum atomic E-state index is -1.52. The third-order valence-corrected chi connectivity index (χ3v) is 11.9. The number of carbonyl (C=O) groups is 2. The normalized spacial score (nSPS) is 43.4. The van der Waals surface area contributed by atoms with Gasteiger partial charge in [0, 0.05) is 29.2 Å². The van der Waals surface area contributed by atoms with Gasteiger partial charge in [-0.05, 0) is 79.6 Å². The molecule has 0 saturated heterocycles. The first-order valence-corrected chi connectivity index (χ1v) is 14.0. The molecular weight excluding hydrogens is 456 g/mol. The highest BCUT2D eigenvalue weighted by Gasteiger charge is 2.67. The van der Waals surface area contributed by atoms with E-state index in [1.165, 1.54) is 6.92 Å². The first-order chi connectivity index (χ1) is 16.5. The summed E-state index contributed by atoms with van der Waals surface area (Å²) in [4.78, 5) is 26.8. The van der Waals surface area contributed by atoms with Crippen LogP contribution in [-0.2, 0) is 9.59 Å². The fourth-order valence-electron chi connectivity index (χ4n) is 9.24. The first-order valence-electron chi connectivity index (χ1n) is 14.0. The zero-order valence-electron chi connectivity index (χ0n) is 23.4. The Morgan fingerprint density at radius 3 is 2.33 bits per heavy atom. The highest BCUT2D eigenvalue weighted by Crippen LogP contribution is 2.71. The summed E-state index contributed by atoms with van der Waals surface area (Å²) in [6.45, 7) is 13.7. The Morgan fingerprint density at radius 2 is 1.72 bits per heavy atom. The van der Waals surface area contributed by atoms with Crippen LogP contribution in [0.15, 0.2) is 11.1 Å². The number of hydrogen-bond donors (Lipinski definition) is 4. The molecule has 6 heteroatoms. The molecule has 9 atom stereocenters. The van der Waals surface area contributed by atoms with Crippen molar-refractivity contribution in [3.8, 4) is 0 Å². The Bertz CT molecular complexity index is 964. The molecule has 36 heavy (non-hydrogen) atoms. The zero-order valence-corrected chi connectivity index (χ0v) is 23.4. The second kappa shape index (κ2) is 8.72. The number of allylic oxidation sites excluding steroid dienone is 1. The van der Waals surface area contributed by atoms with Crippen LogP contribution < -0.4 is 0 Å². The average molecular weight is 505 g/mol. The number of carbonyl (C=O) groups excluding carboxylic acids is 2. The lowest BCUT2D eigenvalue weighted by Crippen LogP contribution is -2.59. The summed E-state index contributed by atoms with van der Waals surface area (Å²) in [5, 5.41) is 41.8. The molecule has 4 aliphatic carbocycles. The maximum absolute atomic E-state index is 13.9. The van der Waals surface area contributed by atoms with Crippen LogP contribution >= 0.6 is 0 Å². The number of aliphatic hydroxyl groups excluding tert-OH is 3. The fraction of sp³-hybridized carbons (Fsp3) is 0.867. The molecule has 4 aliphatic rings. The molecule has 0 aromatic rings. The summed E-state index contributed by atoms with van der Waals surface area (Å²) in [5.41, 5.74) is -1.29. The maximum Gasteiger partial charge on any atom is 0.159 e. The molecule has 0 aromatic carbocycles. The summed E-state index contributed by atoms with van der Waals surface area (Å²) in [6, 6.07) is 0. The predicted molar refractivity (Wildman–Crippen MR) is 138 cm³/mol. The molecular formula is C30H48O6. The van der Waals surface area contributed by atoms with Crippen molar-refractivity contribution in [1.82, 2.24) is 0 Å². The lowest BCUT2D eigenvalue weighted by molar-refractivity contribution is -0.144. The largest absolute Gasteiger partial charge is 0.393 e. The summed E-state index contributed by atoms with van der Waals surface area (Å²) in [5.74, 6) is 0.742. The van der Waals surface area contributed by atoms with E-state index in [-0.39, 0.29) is 45.6 Å². The number of hydrogen-bond acceptors (Lipinski definition) is 6. The lowest BCUT2D eigenvalue weighted by atomic mass is 9.42. The van der Waals surface area contributed by atoms with Gasteiger partial charge >= 0.3 is 0 Å². The zero-order chi connectivity index (χ0) is 27.1. The van der Waals surface area contributed by atoms with Crippen molar-refractivity contribution >= 4 is 11.6 Å². The molecule has 2 fully saturated rings. The third-order valence-electron chi connectivity index (χ3n) is 11.9. The second-order valence-electron chi connectivity index (χ2n) is 14.2. The lowest BCUT2D eigenvalue weighted by Gasteiger charge is -2.61. The van der Waals surface area contributed by atoms with Gasteiger partial charge in [-0.2, -0.15) is 0 Å². The molecule has 4 rings (SSSR count). The quantitative estimate of drug-likeness (QED) is 0.435. The smallest absolute Gasteiger partial charge is 0.159 e.